The number of imide groups is 1. The average Bonchev–Trinajstić information content (AvgIpc) is 3.11. The Labute approximate surface area is 138 Å². The summed E-state index contributed by atoms with van der Waals surface area (Å²) in [4.78, 5) is 37.7. The minimum absolute atomic E-state index is 0.0832. The number of benzene rings is 1. The second-order valence-corrected chi connectivity index (χ2v) is 5.98. The van der Waals surface area contributed by atoms with Crippen LogP contribution in [0, 0.1) is 0 Å². The normalized spacial score (nSPS) is 20.0. The Kier molecular flexibility index (Phi) is 4.63. The number of alkyl halides is 1. The molecule has 6 nitrogen and oxygen atoms in total. The fraction of sp³-hybridized carbons (Fsp3) is 0.438. The Balaban J connectivity index is 1.76. The number of carbonyl (C=O) groups excluding carboxylic acids is 3. The molecule has 2 aliphatic heterocycles. The highest BCUT2D eigenvalue weighted by Crippen LogP contribution is 2.27. The van der Waals surface area contributed by atoms with Crippen LogP contribution in [0.2, 0.25) is 0 Å². The number of nitrogens with zero attached hydrogens (tertiary/aromatic N) is 1. The van der Waals surface area contributed by atoms with E-state index in [0.29, 0.717) is 23.4 Å². The Morgan fingerprint density at radius 2 is 2.09 bits per heavy atom. The van der Waals surface area contributed by atoms with Gasteiger partial charge in [0.15, 0.2) is 0 Å². The zero-order chi connectivity index (χ0) is 16.4. The first-order chi connectivity index (χ1) is 11.1. The Morgan fingerprint density at radius 1 is 1.30 bits per heavy atom. The summed E-state index contributed by atoms with van der Waals surface area (Å²) in [6.45, 7) is 0.949. The maximum atomic E-state index is 12.5. The van der Waals surface area contributed by atoms with Gasteiger partial charge in [-0.25, -0.2) is 0 Å². The van der Waals surface area contributed by atoms with Crippen molar-refractivity contribution >= 4 is 35.0 Å². The van der Waals surface area contributed by atoms with E-state index in [1.807, 2.05) is 0 Å². The van der Waals surface area contributed by atoms with Crippen LogP contribution in [-0.4, -0.2) is 47.8 Å². The number of ether oxygens (including phenoxy) is 1. The highest BCUT2D eigenvalue weighted by atomic mass is 35.5. The number of amides is 3. The van der Waals surface area contributed by atoms with Crippen LogP contribution in [0.3, 0.4) is 0 Å². The van der Waals surface area contributed by atoms with Crippen molar-refractivity contribution in [2.75, 3.05) is 24.3 Å². The van der Waals surface area contributed by atoms with E-state index in [9.17, 15) is 14.4 Å². The van der Waals surface area contributed by atoms with E-state index >= 15 is 0 Å². The second-order valence-electron chi connectivity index (χ2n) is 5.60. The van der Waals surface area contributed by atoms with E-state index in [4.69, 9.17) is 16.3 Å². The summed E-state index contributed by atoms with van der Waals surface area (Å²) in [5.74, 6) is -0.649. The molecule has 2 heterocycles. The van der Waals surface area contributed by atoms with Crippen molar-refractivity contribution in [3.05, 3.63) is 29.3 Å². The van der Waals surface area contributed by atoms with Crippen LogP contribution in [0.4, 0.5) is 5.69 Å². The molecule has 1 fully saturated rings. The third-order valence-corrected chi connectivity index (χ3v) is 4.18. The van der Waals surface area contributed by atoms with Gasteiger partial charge >= 0.3 is 0 Å². The van der Waals surface area contributed by atoms with Gasteiger partial charge in [0.25, 0.3) is 11.8 Å². The zero-order valence-electron chi connectivity index (χ0n) is 12.5. The van der Waals surface area contributed by atoms with E-state index in [-0.39, 0.29) is 42.7 Å². The number of fused-ring (bicyclic) bond motifs is 1. The number of anilines is 1. The first-order valence-corrected chi connectivity index (χ1v) is 8.11. The standard InChI is InChI=1S/C16H17ClN2O4/c17-6-5-14(20)18-10-3-4-12-13(8-10)16(22)19(15(12)21)9-11-2-1-7-23-11/h3-4,8,11H,1-2,5-7,9H2,(H,18,20)/t11-/m0/s1. The fourth-order valence-corrected chi connectivity index (χ4v) is 3.01. The maximum Gasteiger partial charge on any atom is 0.261 e. The molecule has 3 rings (SSSR count). The van der Waals surface area contributed by atoms with E-state index in [1.165, 1.54) is 11.0 Å². The molecule has 1 atom stereocenters. The molecule has 3 amide bonds. The topological polar surface area (TPSA) is 75.7 Å². The van der Waals surface area contributed by atoms with Crippen LogP contribution in [0.5, 0.6) is 0 Å². The number of hydrogen-bond donors (Lipinski definition) is 1. The number of carbonyl (C=O) groups is 3. The van der Waals surface area contributed by atoms with Crippen molar-refractivity contribution in [1.29, 1.82) is 0 Å². The minimum atomic E-state index is -0.339. The molecule has 23 heavy (non-hydrogen) atoms. The minimum Gasteiger partial charge on any atom is -0.376 e. The highest BCUT2D eigenvalue weighted by molar-refractivity contribution is 6.22. The zero-order valence-corrected chi connectivity index (χ0v) is 13.3. The van der Waals surface area contributed by atoms with Crippen LogP contribution in [0.1, 0.15) is 40.0 Å². The molecule has 0 aromatic heterocycles. The summed E-state index contributed by atoms with van der Waals surface area (Å²) in [6, 6.07) is 4.73. The van der Waals surface area contributed by atoms with E-state index < -0.39 is 0 Å². The molecular weight excluding hydrogens is 320 g/mol. The van der Waals surface area contributed by atoms with Crippen molar-refractivity contribution in [2.24, 2.45) is 0 Å². The van der Waals surface area contributed by atoms with Gasteiger partial charge in [0, 0.05) is 24.6 Å². The quantitative estimate of drug-likeness (QED) is 0.659. The van der Waals surface area contributed by atoms with Gasteiger partial charge in [-0.3, -0.25) is 19.3 Å². The third kappa shape index (κ3) is 3.23. The molecule has 0 bridgehead atoms. The number of hydrogen-bond acceptors (Lipinski definition) is 4. The van der Waals surface area contributed by atoms with Gasteiger partial charge in [-0.1, -0.05) is 0 Å². The van der Waals surface area contributed by atoms with Gasteiger partial charge in [0.1, 0.15) is 0 Å². The predicted octanol–water partition coefficient (Wildman–Crippen LogP) is 2.03. The lowest BCUT2D eigenvalue weighted by molar-refractivity contribution is -0.115. The van der Waals surface area contributed by atoms with E-state index in [1.54, 1.807) is 12.1 Å². The van der Waals surface area contributed by atoms with Crippen LogP contribution in [-0.2, 0) is 9.53 Å². The highest BCUT2D eigenvalue weighted by Gasteiger charge is 2.37. The van der Waals surface area contributed by atoms with Crippen molar-refractivity contribution < 1.29 is 19.1 Å². The lowest BCUT2D eigenvalue weighted by atomic mass is 10.1. The van der Waals surface area contributed by atoms with E-state index in [0.717, 1.165) is 12.8 Å². The summed E-state index contributed by atoms with van der Waals surface area (Å²) in [7, 11) is 0. The maximum absolute atomic E-state index is 12.5. The molecule has 7 heteroatoms. The molecule has 2 aliphatic rings. The number of nitrogens with one attached hydrogen (secondary N) is 1. The first kappa shape index (κ1) is 16.0. The van der Waals surface area contributed by atoms with Crippen molar-refractivity contribution in [3.63, 3.8) is 0 Å². The Bertz CT molecular complexity index is 655. The third-order valence-electron chi connectivity index (χ3n) is 3.99. The Hall–Kier alpha value is -1.92. The molecule has 1 saturated heterocycles. The summed E-state index contributed by atoms with van der Waals surface area (Å²) < 4.78 is 5.50. The molecule has 1 N–H and O–H groups in total. The lowest BCUT2D eigenvalue weighted by Crippen LogP contribution is -2.36. The summed E-state index contributed by atoms with van der Waals surface area (Å²) in [5, 5.41) is 2.67. The molecule has 0 aliphatic carbocycles. The molecule has 0 spiro atoms. The van der Waals surface area contributed by atoms with Gasteiger partial charge in [-0.05, 0) is 31.0 Å². The van der Waals surface area contributed by atoms with Crippen LogP contribution >= 0.6 is 11.6 Å². The second kappa shape index (κ2) is 6.68. The van der Waals surface area contributed by atoms with Gasteiger partial charge in [0.05, 0.1) is 23.8 Å². The monoisotopic (exact) mass is 336 g/mol. The Morgan fingerprint density at radius 3 is 2.78 bits per heavy atom. The largest absolute Gasteiger partial charge is 0.376 e. The first-order valence-electron chi connectivity index (χ1n) is 7.58. The van der Waals surface area contributed by atoms with Crippen LogP contribution in [0.25, 0.3) is 0 Å². The number of rotatable bonds is 5. The molecule has 0 unspecified atom stereocenters. The van der Waals surface area contributed by atoms with Gasteiger partial charge in [-0.15, -0.1) is 11.6 Å². The molecular formula is C16H17ClN2O4. The molecule has 1 aromatic carbocycles. The number of halogens is 1. The molecule has 122 valence electrons. The van der Waals surface area contributed by atoms with Crippen molar-refractivity contribution in [2.45, 2.75) is 25.4 Å². The molecule has 0 saturated carbocycles. The average molecular weight is 337 g/mol. The van der Waals surface area contributed by atoms with Gasteiger partial charge in [0.2, 0.25) is 5.91 Å². The fourth-order valence-electron chi connectivity index (χ4n) is 2.84. The van der Waals surface area contributed by atoms with Crippen molar-refractivity contribution in [1.82, 2.24) is 4.90 Å². The smallest absolute Gasteiger partial charge is 0.261 e. The predicted molar refractivity (Wildman–Crippen MR) is 84.7 cm³/mol. The summed E-state index contributed by atoms with van der Waals surface area (Å²) >= 11 is 5.52. The van der Waals surface area contributed by atoms with Gasteiger partial charge in [-0.2, -0.15) is 0 Å². The SMILES string of the molecule is O=C(CCCl)Nc1ccc2c(c1)C(=O)N(C[C@@H]1CCCO1)C2=O. The summed E-state index contributed by atoms with van der Waals surface area (Å²) in [5.41, 5.74) is 1.17. The van der Waals surface area contributed by atoms with Crippen molar-refractivity contribution in [3.8, 4) is 0 Å². The lowest BCUT2D eigenvalue weighted by Gasteiger charge is -2.17. The van der Waals surface area contributed by atoms with Crippen LogP contribution < -0.4 is 5.32 Å². The van der Waals surface area contributed by atoms with Crippen LogP contribution in [0.15, 0.2) is 18.2 Å². The molecule has 0 radical (unpaired) electrons. The van der Waals surface area contributed by atoms with E-state index in [2.05, 4.69) is 5.32 Å². The van der Waals surface area contributed by atoms with Gasteiger partial charge < -0.3 is 10.1 Å². The summed E-state index contributed by atoms with van der Waals surface area (Å²) in [6.07, 6.45) is 1.91. The molecule has 1 aromatic rings.